The molecule has 0 aliphatic heterocycles. The minimum atomic E-state index is -0.0162. The molecule has 0 aliphatic carbocycles. The molecule has 1 amide bonds. The van der Waals surface area contributed by atoms with Crippen LogP contribution in [-0.4, -0.2) is 16.9 Å². The van der Waals surface area contributed by atoms with Gasteiger partial charge in [-0.3, -0.25) is 4.79 Å². The third kappa shape index (κ3) is 4.51. The Balaban J connectivity index is 1.94. The summed E-state index contributed by atoms with van der Waals surface area (Å²) in [5.41, 5.74) is 7.86. The molecule has 114 valence electrons. The maximum absolute atomic E-state index is 12.2. The lowest BCUT2D eigenvalue weighted by Crippen LogP contribution is -2.21. The standard InChI is InChI=1S/C16H23N3OS/c1-10-7-8-13-14(9-10)21-16(18-13)19-15(20)11(2)5-4-6-12(3)17/h7-9,11-12H,4-6,17H2,1-3H3,(H,18,19,20). The van der Waals surface area contributed by atoms with Crippen LogP contribution in [0.5, 0.6) is 0 Å². The zero-order valence-electron chi connectivity index (χ0n) is 12.8. The average Bonchev–Trinajstić information content (AvgIpc) is 2.79. The molecule has 2 aromatic rings. The first-order chi connectivity index (χ1) is 9.95. The van der Waals surface area contributed by atoms with Gasteiger partial charge >= 0.3 is 0 Å². The van der Waals surface area contributed by atoms with Crippen molar-refractivity contribution >= 4 is 32.6 Å². The fraction of sp³-hybridized carbons (Fsp3) is 0.500. The van der Waals surface area contributed by atoms with Crippen LogP contribution in [-0.2, 0) is 4.79 Å². The van der Waals surface area contributed by atoms with Gasteiger partial charge in [-0.05, 0) is 44.4 Å². The zero-order valence-corrected chi connectivity index (χ0v) is 13.7. The number of hydrogen-bond donors (Lipinski definition) is 2. The van der Waals surface area contributed by atoms with E-state index in [1.807, 2.05) is 26.0 Å². The quantitative estimate of drug-likeness (QED) is 0.855. The number of hydrogen-bond acceptors (Lipinski definition) is 4. The van der Waals surface area contributed by atoms with Gasteiger partial charge in [-0.2, -0.15) is 0 Å². The number of aryl methyl sites for hydroxylation is 1. The zero-order chi connectivity index (χ0) is 15.4. The van der Waals surface area contributed by atoms with Gasteiger partial charge in [0.1, 0.15) is 0 Å². The summed E-state index contributed by atoms with van der Waals surface area (Å²) in [4.78, 5) is 16.6. The number of carbonyl (C=O) groups is 1. The van der Waals surface area contributed by atoms with E-state index in [0.29, 0.717) is 5.13 Å². The van der Waals surface area contributed by atoms with Crippen LogP contribution in [0.4, 0.5) is 5.13 Å². The molecular formula is C16H23N3OS. The second-order valence-corrected chi connectivity index (χ2v) is 6.82. The van der Waals surface area contributed by atoms with E-state index in [-0.39, 0.29) is 17.9 Å². The van der Waals surface area contributed by atoms with Gasteiger partial charge in [0.25, 0.3) is 0 Å². The third-order valence-corrected chi connectivity index (χ3v) is 4.45. The molecule has 4 nitrogen and oxygen atoms in total. The van der Waals surface area contributed by atoms with Crippen molar-refractivity contribution in [2.24, 2.45) is 11.7 Å². The second-order valence-electron chi connectivity index (χ2n) is 5.79. The van der Waals surface area contributed by atoms with Crippen LogP contribution in [0.25, 0.3) is 10.2 Å². The molecule has 1 heterocycles. The van der Waals surface area contributed by atoms with Crippen molar-refractivity contribution in [3.8, 4) is 0 Å². The maximum atomic E-state index is 12.2. The van der Waals surface area contributed by atoms with Crippen LogP contribution >= 0.6 is 11.3 Å². The summed E-state index contributed by atoms with van der Waals surface area (Å²) in [6.07, 6.45) is 2.79. The summed E-state index contributed by atoms with van der Waals surface area (Å²) >= 11 is 1.52. The summed E-state index contributed by atoms with van der Waals surface area (Å²) in [6, 6.07) is 6.31. The second kappa shape index (κ2) is 7.00. The average molecular weight is 305 g/mol. The lowest BCUT2D eigenvalue weighted by Gasteiger charge is -2.11. The van der Waals surface area contributed by atoms with Crippen molar-refractivity contribution in [2.75, 3.05) is 5.32 Å². The van der Waals surface area contributed by atoms with Crippen molar-refractivity contribution in [3.63, 3.8) is 0 Å². The molecule has 1 aromatic carbocycles. The van der Waals surface area contributed by atoms with Gasteiger partial charge in [-0.25, -0.2) is 4.98 Å². The number of nitrogens with one attached hydrogen (secondary N) is 1. The predicted octanol–water partition coefficient (Wildman–Crippen LogP) is 3.70. The normalized spacial score (nSPS) is 14.1. The number of thiazole rings is 1. The molecule has 0 spiro atoms. The number of amides is 1. The van der Waals surface area contributed by atoms with Crippen LogP contribution in [0.15, 0.2) is 18.2 Å². The number of benzene rings is 1. The van der Waals surface area contributed by atoms with Crippen molar-refractivity contribution in [1.29, 1.82) is 0 Å². The van der Waals surface area contributed by atoms with E-state index in [0.717, 1.165) is 29.5 Å². The lowest BCUT2D eigenvalue weighted by atomic mass is 10.0. The van der Waals surface area contributed by atoms with E-state index in [4.69, 9.17) is 5.73 Å². The summed E-state index contributed by atoms with van der Waals surface area (Å²) < 4.78 is 1.11. The number of anilines is 1. The number of carbonyl (C=O) groups excluding carboxylic acids is 1. The Labute approximate surface area is 129 Å². The van der Waals surface area contributed by atoms with Crippen molar-refractivity contribution in [3.05, 3.63) is 23.8 Å². The lowest BCUT2D eigenvalue weighted by molar-refractivity contribution is -0.119. The summed E-state index contributed by atoms with van der Waals surface area (Å²) in [7, 11) is 0. The molecule has 3 N–H and O–H groups in total. The Morgan fingerprint density at radius 2 is 2.14 bits per heavy atom. The highest BCUT2D eigenvalue weighted by Gasteiger charge is 2.15. The first-order valence-corrected chi connectivity index (χ1v) is 8.21. The van der Waals surface area contributed by atoms with Gasteiger partial charge in [0.05, 0.1) is 10.2 Å². The molecule has 21 heavy (non-hydrogen) atoms. The highest BCUT2D eigenvalue weighted by molar-refractivity contribution is 7.22. The summed E-state index contributed by atoms with van der Waals surface area (Å²) in [5, 5.41) is 3.61. The van der Waals surface area contributed by atoms with Crippen LogP contribution < -0.4 is 11.1 Å². The van der Waals surface area contributed by atoms with E-state index >= 15 is 0 Å². The number of aromatic nitrogens is 1. The molecule has 5 heteroatoms. The van der Waals surface area contributed by atoms with Crippen molar-refractivity contribution in [2.45, 2.75) is 46.1 Å². The van der Waals surface area contributed by atoms with E-state index in [1.54, 1.807) is 0 Å². The first-order valence-electron chi connectivity index (χ1n) is 7.39. The minimum absolute atomic E-state index is 0.0162. The molecule has 0 radical (unpaired) electrons. The molecular weight excluding hydrogens is 282 g/mol. The van der Waals surface area contributed by atoms with Gasteiger partial charge in [0.15, 0.2) is 5.13 Å². The van der Waals surface area contributed by atoms with Crippen LogP contribution in [0.3, 0.4) is 0 Å². The molecule has 0 saturated carbocycles. The highest BCUT2D eigenvalue weighted by atomic mass is 32.1. The molecule has 2 unspecified atom stereocenters. The maximum Gasteiger partial charge on any atom is 0.228 e. The van der Waals surface area contributed by atoms with Gasteiger partial charge < -0.3 is 11.1 Å². The Morgan fingerprint density at radius 1 is 1.38 bits per heavy atom. The van der Waals surface area contributed by atoms with E-state index in [1.165, 1.54) is 16.9 Å². The van der Waals surface area contributed by atoms with Crippen LogP contribution in [0, 0.1) is 12.8 Å². The van der Waals surface area contributed by atoms with Gasteiger partial charge in [0, 0.05) is 12.0 Å². The van der Waals surface area contributed by atoms with Crippen LogP contribution in [0.1, 0.15) is 38.7 Å². The number of rotatable bonds is 6. The third-order valence-electron chi connectivity index (χ3n) is 3.52. The van der Waals surface area contributed by atoms with Gasteiger partial charge in [-0.15, -0.1) is 0 Å². The van der Waals surface area contributed by atoms with E-state index in [2.05, 4.69) is 23.3 Å². The molecule has 0 fully saturated rings. The molecule has 2 rings (SSSR count). The van der Waals surface area contributed by atoms with E-state index < -0.39 is 0 Å². The smallest absolute Gasteiger partial charge is 0.228 e. The minimum Gasteiger partial charge on any atom is -0.328 e. The predicted molar refractivity (Wildman–Crippen MR) is 89.7 cm³/mol. The monoisotopic (exact) mass is 305 g/mol. The van der Waals surface area contributed by atoms with E-state index in [9.17, 15) is 4.79 Å². The Kier molecular flexibility index (Phi) is 5.31. The Morgan fingerprint density at radius 3 is 2.86 bits per heavy atom. The summed E-state index contributed by atoms with van der Waals surface area (Å²) in [5.74, 6) is 0.0213. The molecule has 2 atom stereocenters. The fourth-order valence-corrected chi connectivity index (χ4v) is 3.16. The molecule has 0 saturated heterocycles. The molecule has 0 aliphatic rings. The number of nitrogens with two attached hydrogens (primary N) is 1. The summed E-state index contributed by atoms with van der Waals surface area (Å²) in [6.45, 7) is 6.00. The topological polar surface area (TPSA) is 68.0 Å². The molecule has 1 aromatic heterocycles. The van der Waals surface area contributed by atoms with Gasteiger partial charge in [-0.1, -0.05) is 30.7 Å². The SMILES string of the molecule is Cc1ccc2nc(NC(=O)C(C)CCCC(C)N)sc2c1. The van der Waals surface area contributed by atoms with Crippen molar-refractivity contribution in [1.82, 2.24) is 4.98 Å². The highest BCUT2D eigenvalue weighted by Crippen LogP contribution is 2.27. The first kappa shape index (κ1) is 15.9. The Bertz CT molecular complexity index is 621. The molecule has 0 bridgehead atoms. The fourth-order valence-electron chi connectivity index (χ4n) is 2.19. The Hall–Kier alpha value is -1.46. The van der Waals surface area contributed by atoms with Crippen molar-refractivity contribution < 1.29 is 4.79 Å². The van der Waals surface area contributed by atoms with Gasteiger partial charge in [0.2, 0.25) is 5.91 Å². The van der Waals surface area contributed by atoms with Crippen LogP contribution in [0.2, 0.25) is 0 Å². The number of nitrogens with zero attached hydrogens (tertiary/aromatic N) is 1. The number of fused-ring (bicyclic) bond motifs is 1. The largest absolute Gasteiger partial charge is 0.328 e.